The van der Waals surface area contributed by atoms with Crippen molar-refractivity contribution in [1.82, 2.24) is 0 Å². The van der Waals surface area contributed by atoms with E-state index in [4.69, 9.17) is 0 Å². The molecule has 0 saturated carbocycles. The van der Waals surface area contributed by atoms with E-state index < -0.39 is 8.07 Å². The summed E-state index contributed by atoms with van der Waals surface area (Å²) in [6.45, 7) is 10.3. The SMILES string of the molecule is CC[Si](C)(C)C(=O)C=C(C)C. The van der Waals surface area contributed by atoms with Gasteiger partial charge in [-0.25, -0.2) is 0 Å². The van der Waals surface area contributed by atoms with Crippen LogP contribution in [-0.4, -0.2) is 13.5 Å². The first kappa shape index (κ1) is 10.6. The number of carbonyl (C=O) groups excluding carboxylic acids is 1. The summed E-state index contributed by atoms with van der Waals surface area (Å²) in [7, 11) is -1.56. The average molecular weight is 170 g/mol. The molecule has 0 rings (SSSR count). The number of hydrogen-bond acceptors (Lipinski definition) is 1. The van der Waals surface area contributed by atoms with Crippen LogP contribution in [0.3, 0.4) is 0 Å². The van der Waals surface area contributed by atoms with Crippen LogP contribution in [0.2, 0.25) is 19.1 Å². The van der Waals surface area contributed by atoms with Gasteiger partial charge in [-0.3, -0.25) is 0 Å². The Hall–Kier alpha value is -0.373. The van der Waals surface area contributed by atoms with Crippen LogP contribution >= 0.6 is 0 Å². The Bertz CT molecular complexity index is 176. The molecule has 64 valence electrons. The lowest BCUT2D eigenvalue weighted by atomic mass is 10.3. The van der Waals surface area contributed by atoms with E-state index in [0.29, 0.717) is 5.41 Å². The second-order valence-electron chi connectivity index (χ2n) is 3.82. The first-order valence-electron chi connectivity index (χ1n) is 4.09. The second-order valence-corrected chi connectivity index (χ2v) is 8.79. The summed E-state index contributed by atoms with van der Waals surface area (Å²) in [4.78, 5) is 11.5. The van der Waals surface area contributed by atoms with Crippen molar-refractivity contribution in [3.8, 4) is 0 Å². The molecule has 0 unspecified atom stereocenters. The molecule has 0 atom stereocenters. The zero-order chi connectivity index (χ0) is 9.07. The molecule has 0 fully saturated rings. The summed E-state index contributed by atoms with van der Waals surface area (Å²) in [5.41, 5.74) is 1.11. The summed E-state index contributed by atoms with van der Waals surface area (Å²) in [5.74, 6) is 0. The highest BCUT2D eigenvalue weighted by Crippen LogP contribution is 2.11. The van der Waals surface area contributed by atoms with Crippen molar-refractivity contribution in [2.75, 3.05) is 0 Å². The monoisotopic (exact) mass is 170 g/mol. The molecule has 0 spiro atoms. The van der Waals surface area contributed by atoms with E-state index in [1.165, 1.54) is 0 Å². The minimum atomic E-state index is -1.56. The van der Waals surface area contributed by atoms with E-state index in [9.17, 15) is 4.79 Å². The van der Waals surface area contributed by atoms with Gasteiger partial charge in [-0.2, -0.15) is 0 Å². The molecule has 0 aliphatic rings. The van der Waals surface area contributed by atoms with Gasteiger partial charge in [-0.05, 0) is 19.9 Å². The Balaban J connectivity index is 4.37. The van der Waals surface area contributed by atoms with Crippen molar-refractivity contribution in [3.05, 3.63) is 11.6 Å². The zero-order valence-corrected chi connectivity index (χ0v) is 9.19. The molecule has 0 amide bonds. The summed E-state index contributed by atoms with van der Waals surface area (Å²) >= 11 is 0. The van der Waals surface area contributed by atoms with Gasteiger partial charge in [0.2, 0.25) is 0 Å². The lowest BCUT2D eigenvalue weighted by Gasteiger charge is -2.15. The molecule has 0 aliphatic heterocycles. The Morgan fingerprint density at radius 2 is 1.82 bits per heavy atom. The van der Waals surface area contributed by atoms with Gasteiger partial charge in [-0.15, -0.1) is 0 Å². The number of carbonyl (C=O) groups is 1. The second kappa shape index (κ2) is 3.86. The topological polar surface area (TPSA) is 17.1 Å². The molecular weight excluding hydrogens is 152 g/mol. The Morgan fingerprint density at radius 1 is 1.36 bits per heavy atom. The van der Waals surface area contributed by atoms with Crippen LogP contribution < -0.4 is 0 Å². The standard InChI is InChI=1S/C9H18OSi/c1-6-11(4,5)9(10)7-8(2)3/h7H,6H2,1-5H3. The van der Waals surface area contributed by atoms with Crippen LogP contribution in [-0.2, 0) is 4.79 Å². The third-order valence-electron chi connectivity index (χ3n) is 1.97. The van der Waals surface area contributed by atoms with Crippen molar-refractivity contribution >= 4 is 13.5 Å². The molecule has 0 aliphatic carbocycles. The van der Waals surface area contributed by atoms with Gasteiger partial charge in [0.05, 0.1) is 0 Å². The van der Waals surface area contributed by atoms with Crippen LogP contribution in [0.25, 0.3) is 0 Å². The maximum absolute atomic E-state index is 11.5. The summed E-state index contributed by atoms with van der Waals surface area (Å²) < 4.78 is 0. The smallest absolute Gasteiger partial charge is 0.133 e. The van der Waals surface area contributed by atoms with Gasteiger partial charge < -0.3 is 4.79 Å². The Morgan fingerprint density at radius 3 is 2.09 bits per heavy atom. The normalized spacial score (nSPS) is 11.0. The molecule has 0 radical (unpaired) electrons. The highest BCUT2D eigenvalue weighted by molar-refractivity contribution is 7.05. The van der Waals surface area contributed by atoms with Gasteiger partial charge >= 0.3 is 0 Å². The van der Waals surface area contributed by atoms with Crippen molar-refractivity contribution in [3.63, 3.8) is 0 Å². The van der Waals surface area contributed by atoms with E-state index in [-0.39, 0.29) is 0 Å². The Kier molecular flexibility index (Phi) is 3.73. The highest BCUT2D eigenvalue weighted by Gasteiger charge is 2.25. The third kappa shape index (κ3) is 3.51. The van der Waals surface area contributed by atoms with Crippen LogP contribution in [0, 0.1) is 0 Å². The summed E-state index contributed by atoms with van der Waals surface area (Å²) in [5, 5.41) is 0.375. The average Bonchev–Trinajstić information content (AvgIpc) is 1.86. The van der Waals surface area contributed by atoms with Crippen molar-refractivity contribution in [2.45, 2.75) is 39.9 Å². The van der Waals surface area contributed by atoms with E-state index in [2.05, 4.69) is 20.0 Å². The van der Waals surface area contributed by atoms with Gasteiger partial charge in [0.15, 0.2) is 0 Å². The highest BCUT2D eigenvalue weighted by atomic mass is 28.3. The minimum Gasteiger partial charge on any atom is -0.301 e. The van der Waals surface area contributed by atoms with Gasteiger partial charge in [0.25, 0.3) is 0 Å². The fourth-order valence-electron chi connectivity index (χ4n) is 0.632. The van der Waals surface area contributed by atoms with Gasteiger partial charge in [0, 0.05) is 0 Å². The first-order chi connectivity index (χ1) is 4.90. The summed E-state index contributed by atoms with van der Waals surface area (Å²) in [6, 6.07) is 1.04. The van der Waals surface area contributed by atoms with Crippen molar-refractivity contribution in [2.24, 2.45) is 0 Å². The van der Waals surface area contributed by atoms with Crippen LogP contribution in [0.4, 0.5) is 0 Å². The van der Waals surface area contributed by atoms with E-state index in [0.717, 1.165) is 11.6 Å². The molecular formula is C9H18OSi. The molecule has 0 aromatic carbocycles. The maximum atomic E-state index is 11.5. The van der Waals surface area contributed by atoms with E-state index >= 15 is 0 Å². The largest absolute Gasteiger partial charge is 0.301 e. The molecule has 0 bridgehead atoms. The molecule has 2 heteroatoms. The fraction of sp³-hybridized carbons (Fsp3) is 0.667. The predicted molar refractivity (Wildman–Crippen MR) is 52.4 cm³/mol. The fourth-order valence-corrected chi connectivity index (χ4v) is 1.66. The number of hydrogen-bond donors (Lipinski definition) is 0. The number of allylic oxidation sites excluding steroid dienone is 2. The molecule has 11 heavy (non-hydrogen) atoms. The quantitative estimate of drug-likeness (QED) is 0.470. The number of rotatable bonds is 3. The molecule has 0 saturated heterocycles. The van der Waals surface area contributed by atoms with Crippen LogP contribution in [0.15, 0.2) is 11.6 Å². The van der Waals surface area contributed by atoms with Crippen molar-refractivity contribution in [1.29, 1.82) is 0 Å². The maximum Gasteiger partial charge on any atom is 0.133 e. The third-order valence-corrected chi connectivity index (χ3v) is 5.22. The molecule has 0 aromatic heterocycles. The lowest BCUT2D eigenvalue weighted by Crippen LogP contribution is -2.34. The van der Waals surface area contributed by atoms with E-state index in [1.807, 2.05) is 13.8 Å². The molecule has 0 heterocycles. The van der Waals surface area contributed by atoms with Gasteiger partial charge in [0.1, 0.15) is 13.5 Å². The van der Waals surface area contributed by atoms with Crippen molar-refractivity contribution < 1.29 is 4.79 Å². The first-order valence-corrected chi connectivity index (χ1v) is 7.30. The lowest BCUT2D eigenvalue weighted by molar-refractivity contribution is -0.108. The summed E-state index contributed by atoms with van der Waals surface area (Å²) in [6.07, 6.45) is 1.79. The van der Waals surface area contributed by atoms with Gasteiger partial charge in [-0.1, -0.05) is 31.6 Å². The Labute approximate surface area is 70.5 Å². The molecule has 1 nitrogen and oxygen atoms in total. The van der Waals surface area contributed by atoms with Crippen LogP contribution in [0.1, 0.15) is 20.8 Å². The van der Waals surface area contributed by atoms with Crippen LogP contribution in [0.5, 0.6) is 0 Å². The minimum absolute atomic E-state index is 0.375. The molecule has 0 N–H and O–H groups in total. The zero-order valence-electron chi connectivity index (χ0n) is 8.19. The molecule has 0 aromatic rings. The van der Waals surface area contributed by atoms with E-state index in [1.54, 1.807) is 6.08 Å². The predicted octanol–water partition coefficient (Wildman–Crippen LogP) is 2.79.